The van der Waals surface area contributed by atoms with Crippen LogP contribution in [0.25, 0.3) is 10.2 Å². The molecule has 102 valence electrons. The van der Waals surface area contributed by atoms with E-state index in [0.717, 1.165) is 32.3 Å². The molecule has 0 aliphatic heterocycles. The molecule has 0 aliphatic rings. The molecule has 5 heteroatoms. The van der Waals surface area contributed by atoms with Crippen LogP contribution in [0.2, 0.25) is 5.02 Å². The van der Waals surface area contributed by atoms with E-state index in [9.17, 15) is 0 Å². The average molecular weight is 305 g/mol. The molecule has 0 atom stereocenters. The molecule has 0 amide bonds. The van der Waals surface area contributed by atoms with Crippen LogP contribution in [-0.2, 0) is 0 Å². The molecule has 0 unspecified atom stereocenters. The highest BCUT2D eigenvalue weighted by molar-refractivity contribution is 7.22. The minimum Gasteiger partial charge on any atom is -0.495 e. The summed E-state index contributed by atoms with van der Waals surface area (Å²) in [5, 5.41) is 4.83. The first kappa shape index (κ1) is 13.2. The lowest BCUT2D eigenvalue weighted by molar-refractivity contribution is 0.416. The van der Waals surface area contributed by atoms with Gasteiger partial charge in [-0.2, -0.15) is 0 Å². The molecule has 0 fully saturated rings. The normalized spacial score (nSPS) is 10.8. The summed E-state index contributed by atoms with van der Waals surface area (Å²) in [6, 6.07) is 11.7. The van der Waals surface area contributed by atoms with Gasteiger partial charge in [0, 0.05) is 5.02 Å². The van der Waals surface area contributed by atoms with E-state index in [1.165, 1.54) is 0 Å². The Labute approximate surface area is 126 Å². The minimum atomic E-state index is 0.697. The number of aromatic nitrogens is 1. The van der Waals surface area contributed by atoms with Gasteiger partial charge >= 0.3 is 0 Å². The quantitative estimate of drug-likeness (QED) is 0.738. The summed E-state index contributed by atoms with van der Waals surface area (Å²) < 4.78 is 6.46. The van der Waals surface area contributed by atoms with Crippen molar-refractivity contribution >= 4 is 44.0 Å². The monoisotopic (exact) mass is 304 g/mol. The molecule has 0 saturated heterocycles. The summed E-state index contributed by atoms with van der Waals surface area (Å²) in [6.45, 7) is 2.04. The van der Waals surface area contributed by atoms with Crippen LogP contribution in [0.3, 0.4) is 0 Å². The van der Waals surface area contributed by atoms with Gasteiger partial charge in [-0.05, 0) is 42.8 Å². The number of anilines is 2. The second kappa shape index (κ2) is 5.31. The summed E-state index contributed by atoms with van der Waals surface area (Å²) in [4.78, 5) is 4.54. The Morgan fingerprint density at radius 1 is 1.20 bits per heavy atom. The first-order valence-corrected chi connectivity index (χ1v) is 7.33. The van der Waals surface area contributed by atoms with Crippen LogP contribution in [0.4, 0.5) is 10.8 Å². The molecule has 20 heavy (non-hydrogen) atoms. The van der Waals surface area contributed by atoms with Crippen LogP contribution in [0, 0.1) is 6.92 Å². The van der Waals surface area contributed by atoms with Crippen LogP contribution in [0.1, 0.15) is 5.56 Å². The molecule has 1 aromatic heterocycles. The van der Waals surface area contributed by atoms with Gasteiger partial charge in [0.25, 0.3) is 0 Å². The third-order valence-corrected chi connectivity index (χ3v) is 4.13. The van der Waals surface area contributed by atoms with Gasteiger partial charge in [-0.3, -0.25) is 0 Å². The van der Waals surface area contributed by atoms with Gasteiger partial charge in [0.2, 0.25) is 0 Å². The number of methoxy groups -OCH3 is 1. The maximum Gasteiger partial charge on any atom is 0.188 e. The molecule has 3 rings (SSSR count). The van der Waals surface area contributed by atoms with E-state index in [-0.39, 0.29) is 0 Å². The van der Waals surface area contributed by atoms with E-state index >= 15 is 0 Å². The van der Waals surface area contributed by atoms with Crippen molar-refractivity contribution in [3.05, 3.63) is 47.0 Å². The molecular weight excluding hydrogens is 292 g/mol. The van der Waals surface area contributed by atoms with E-state index < -0.39 is 0 Å². The molecular formula is C15H13ClN2OS. The number of benzene rings is 2. The highest BCUT2D eigenvalue weighted by Crippen LogP contribution is 2.33. The number of rotatable bonds is 3. The van der Waals surface area contributed by atoms with Gasteiger partial charge < -0.3 is 10.1 Å². The van der Waals surface area contributed by atoms with Crippen molar-refractivity contribution in [2.45, 2.75) is 6.92 Å². The molecule has 3 nitrogen and oxygen atoms in total. The molecule has 0 spiro atoms. The molecule has 0 bridgehead atoms. The summed E-state index contributed by atoms with van der Waals surface area (Å²) in [5.41, 5.74) is 2.98. The van der Waals surface area contributed by atoms with Gasteiger partial charge in [-0.25, -0.2) is 4.98 Å². The molecule has 0 saturated carbocycles. The number of fused-ring (bicyclic) bond motifs is 1. The zero-order chi connectivity index (χ0) is 14.1. The van der Waals surface area contributed by atoms with Crippen molar-refractivity contribution in [2.24, 2.45) is 0 Å². The number of hydrogen-bond acceptors (Lipinski definition) is 4. The average Bonchev–Trinajstić information content (AvgIpc) is 2.80. The second-order valence-corrected chi connectivity index (χ2v) is 5.93. The predicted molar refractivity (Wildman–Crippen MR) is 85.6 cm³/mol. The van der Waals surface area contributed by atoms with Crippen molar-refractivity contribution in [1.82, 2.24) is 4.98 Å². The molecule has 2 aromatic carbocycles. The lowest BCUT2D eigenvalue weighted by atomic mass is 10.2. The van der Waals surface area contributed by atoms with Gasteiger partial charge in [-0.15, -0.1) is 0 Å². The lowest BCUT2D eigenvalue weighted by Gasteiger charge is -2.09. The number of nitrogens with zero attached hydrogens (tertiary/aromatic N) is 1. The Hall–Kier alpha value is -1.78. The predicted octanol–water partition coefficient (Wildman–Crippen LogP) is 5.01. The third kappa shape index (κ3) is 2.57. The minimum absolute atomic E-state index is 0.697. The molecule has 0 radical (unpaired) electrons. The van der Waals surface area contributed by atoms with E-state index in [1.54, 1.807) is 18.4 Å². The van der Waals surface area contributed by atoms with Crippen molar-refractivity contribution in [2.75, 3.05) is 12.4 Å². The second-order valence-electron chi connectivity index (χ2n) is 4.46. The smallest absolute Gasteiger partial charge is 0.188 e. The summed E-state index contributed by atoms with van der Waals surface area (Å²) in [6.07, 6.45) is 0. The fraction of sp³-hybridized carbons (Fsp3) is 0.133. The Kier molecular flexibility index (Phi) is 3.51. The SMILES string of the molecule is COc1ccc(C)cc1Nc1nc2cc(Cl)ccc2s1. The zero-order valence-electron chi connectivity index (χ0n) is 11.1. The zero-order valence-corrected chi connectivity index (χ0v) is 12.7. The molecule has 1 heterocycles. The number of hydrogen-bond donors (Lipinski definition) is 1. The van der Waals surface area contributed by atoms with Crippen LogP contribution >= 0.6 is 22.9 Å². The Bertz CT molecular complexity index is 770. The van der Waals surface area contributed by atoms with Crippen LogP contribution in [-0.4, -0.2) is 12.1 Å². The summed E-state index contributed by atoms with van der Waals surface area (Å²) >= 11 is 7.57. The third-order valence-electron chi connectivity index (χ3n) is 2.95. The summed E-state index contributed by atoms with van der Waals surface area (Å²) in [7, 11) is 1.66. The van der Waals surface area contributed by atoms with Gasteiger partial charge in [0.15, 0.2) is 5.13 Å². The van der Waals surface area contributed by atoms with Crippen molar-refractivity contribution in [1.29, 1.82) is 0 Å². The Morgan fingerprint density at radius 2 is 2.05 bits per heavy atom. The number of aryl methyl sites for hydroxylation is 1. The maximum atomic E-state index is 5.98. The lowest BCUT2D eigenvalue weighted by Crippen LogP contribution is -1.94. The van der Waals surface area contributed by atoms with E-state index in [4.69, 9.17) is 16.3 Å². The van der Waals surface area contributed by atoms with E-state index in [2.05, 4.69) is 10.3 Å². The standard InChI is InChI=1S/C15H13ClN2OS/c1-9-3-5-13(19-2)11(7-9)17-15-18-12-8-10(16)4-6-14(12)20-15/h3-8H,1-2H3,(H,17,18). The molecule has 0 aliphatic carbocycles. The number of halogens is 1. The molecule has 1 N–H and O–H groups in total. The van der Waals surface area contributed by atoms with Gasteiger partial charge in [-0.1, -0.05) is 29.0 Å². The van der Waals surface area contributed by atoms with E-state index in [0.29, 0.717) is 5.02 Å². The highest BCUT2D eigenvalue weighted by Gasteiger charge is 2.08. The fourth-order valence-corrected chi connectivity index (χ4v) is 3.01. The highest BCUT2D eigenvalue weighted by atomic mass is 35.5. The van der Waals surface area contributed by atoms with Gasteiger partial charge in [0.1, 0.15) is 5.75 Å². The molecule has 3 aromatic rings. The maximum absolute atomic E-state index is 5.98. The van der Waals surface area contributed by atoms with Crippen molar-refractivity contribution < 1.29 is 4.74 Å². The first-order chi connectivity index (χ1) is 9.65. The largest absolute Gasteiger partial charge is 0.495 e. The topological polar surface area (TPSA) is 34.1 Å². The Morgan fingerprint density at radius 3 is 2.85 bits per heavy atom. The van der Waals surface area contributed by atoms with Gasteiger partial charge in [0.05, 0.1) is 23.0 Å². The number of thiazole rings is 1. The number of ether oxygens (including phenoxy) is 1. The fourth-order valence-electron chi connectivity index (χ4n) is 1.99. The van der Waals surface area contributed by atoms with Crippen molar-refractivity contribution in [3.8, 4) is 5.75 Å². The van der Waals surface area contributed by atoms with Crippen LogP contribution in [0.15, 0.2) is 36.4 Å². The van der Waals surface area contributed by atoms with Crippen LogP contribution < -0.4 is 10.1 Å². The van der Waals surface area contributed by atoms with Crippen LogP contribution in [0.5, 0.6) is 5.75 Å². The first-order valence-electron chi connectivity index (χ1n) is 6.13. The summed E-state index contributed by atoms with van der Waals surface area (Å²) in [5.74, 6) is 0.799. The Balaban J connectivity index is 1.98. The van der Waals surface area contributed by atoms with E-state index in [1.807, 2.05) is 43.3 Å². The van der Waals surface area contributed by atoms with Crippen molar-refractivity contribution in [3.63, 3.8) is 0 Å². The number of nitrogens with one attached hydrogen (secondary N) is 1.